The molecule has 2 fully saturated rings. The lowest BCUT2D eigenvalue weighted by atomic mass is 10.00. The van der Waals surface area contributed by atoms with Crippen molar-refractivity contribution in [1.82, 2.24) is 9.62 Å². The van der Waals surface area contributed by atoms with E-state index in [9.17, 15) is 22.8 Å². The molecule has 2 aromatic rings. The van der Waals surface area contributed by atoms with Crippen LogP contribution in [-0.4, -0.2) is 55.8 Å². The first kappa shape index (κ1) is 28.6. The van der Waals surface area contributed by atoms with Gasteiger partial charge in [0.1, 0.15) is 12.4 Å². The number of rotatable bonds is 7. The number of aldehydes is 1. The Bertz CT molecular complexity index is 1040. The summed E-state index contributed by atoms with van der Waals surface area (Å²) in [5.41, 5.74) is 0.406. The Morgan fingerprint density at radius 3 is 2.24 bits per heavy atom. The molecule has 2 bridgehead atoms. The second-order valence-electron chi connectivity index (χ2n) is 8.77. The van der Waals surface area contributed by atoms with Crippen molar-refractivity contribution in [2.45, 2.75) is 56.5 Å². The average Bonchev–Trinajstić information content (AvgIpc) is 3.15. The SMILES string of the molecule is CNSC.COc1cc(CC=O)ccc1OC1CC2CC[C@@H](C1)N2C(=O)Nc1ccc(C(F)(F)F)cc1. The highest BCUT2D eigenvalue weighted by atomic mass is 32.2. The summed E-state index contributed by atoms with van der Waals surface area (Å²) in [6, 6.07) is 9.51. The van der Waals surface area contributed by atoms with Crippen LogP contribution in [0.3, 0.4) is 0 Å². The lowest BCUT2D eigenvalue weighted by Gasteiger charge is -2.39. The number of anilines is 1. The van der Waals surface area contributed by atoms with E-state index in [-0.39, 0.29) is 24.2 Å². The molecule has 2 aliphatic rings. The second-order valence-corrected chi connectivity index (χ2v) is 9.59. The van der Waals surface area contributed by atoms with Crippen molar-refractivity contribution in [3.8, 4) is 11.5 Å². The van der Waals surface area contributed by atoms with Gasteiger partial charge < -0.3 is 24.5 Å². The van der Waals surface area contributed by atoms with Crippen LogP contribution < -0.4 is 19.5 Å². The normalized spacial score (nSPS) is 20.5. The maximum Gasteiger partial charge on any atom is 0.416 e. The van der Waals surface area contributed by atoms with Gasteiger partial charge in [-0.2, -0.15) is 13.2 Å². The molecule has 7 nitrogen and oxygen atoms in total. The minimum atomic E-state index is -4.42. The van der Waals surface area contributed by atoms with Crippen molar-refractivity contribution in [3.63, 3.8) is 0 Å². The number of hydrogen-bond acceptors (Lipinski definition) is 6. The van der Waals surface area contributed by atoms with Crippen molar-refractivity contribution < 1.29 is 32.2 Å². The number of hydrogen-bond donors (Lipinski definition) is 2. The quantitative estimate of drug-likeness (QED) is 0.355. The van der Waals surface area contributed by atoms with Crippen LogP contribution in [0.25, 0.3) is 0 Å². The highest BCUT2D eigenvalue weighted by Gasteiger charge is 2.44. The number of urea groups is 1. The van der Waals surface area contributed by atoms with Gasteiger partial charge in [-0.25, -0.2) is 4.79 Å². The fourth-order valence-corrected chi connectivity index (χ4v) is 4.70. The molecule has 2 saturated heterocycles. The molecule has 2 unspecified atom stereocenters. The first-order valence-electron chi connectivity index (χ1n) is 11.9. The van der Waals surface area contributed by atoms with Crippen LogP contribution >= 0.6 is 11.9 Å². The van der Waals surface area contributed by atoms with Crippen molar-refractivity contribution in [2.24, 2.45) is 0 Å². The molecule has 2 heterocycles. The largest absolute Gasteiger partial charge is 0.493 e. The third-order valence-electron chi connectivity index (χ3n) is 6.43. The molecule has 2 amide bonds. The Balaban J connectivity index is 0.000000886. The van der Waals surface area contributed by atoms with Crippen molar-refractivity contribution >= 4 is 30.0 Å². The zero-order chi connectivity index (χ0) is 27.0. The molecular weight excluding hydrogens is 507 g/mol. The lowest BCUT2D eigenvalue weighted by Crippen LogP contribution is -2.50. The monoisotopic (exact) mass is 539 g/mol. The van der Waals surface area contributed by atoms with Gasteiger partial charge >= 0.3 is 12.2 Å². The number of piperidine rings is 1. The molecule has 2 aromatic carbocycles. The van der Waals surface area contributed by atoms with Gasteiger partial charge in [-0.3, -0.25) is 4.72 Å². The third kappa shape index (κ3) is 7.54. The number of amides is 2. The summed E-state index contributed by atoms with van der Waals surface area (Å²) in [6.07, 6.45) is 1.60. The summed E-state index contributed by atoms with van der Waals surface area (Å²) in [5.74, 6) is 1.16. The topological polar surface area (TPSA) is 79.9 Å². The van der Waals surface area contributed by atoms with Crippen molar-refractivity contribution in [3.05, 3.63) is 53.6 Å². The van der Waals surface area contributed by atoms with Crippen LogP contribution in [0, 0.1) is 0 Å². The van der Waals surface area contributed by atoms with E-state index in [4.69, 9.17) is 9.47 Å². The van der Waals surface area contributed by atoms with E-state index >= 15 is 0 Å². The maximum atomic E-state index is 12.9. The molecule has 4 rings (SSSR count). The van der Waals surface area contributed by atoms with Crippen molar-refractivity contribution in [2.75, 3.05) is 25.7 Å². The van der Waals surface area contributed by atoms with E-state index in [1.807, 2.05) is 19.4 Å². The average molecular weight is 540 g/mol. The number of ether oxygens (including phenoxy) is 2. The van der Waals surface area contributed by atoms with E-state index < -0.39 is 11.7 Å². The van der Waals surface area contributed by atoms with Crippen LogP contribution in [-0.2, 0) is 17.4 Å². The number of carbonyl (C=O) groups excluding carboxylic acids is 2. The number of benzene rings is 2. The highest BCUT2D eigenvalue weighted by Crippen LogP contribution is 2.39. The van der Waals surface area contributed by atoms with E-state index in [1.54, 1.807) is 36.1 Å². The Kier molecular flexibility index (Phi) is 10.1. The van der Waals surface area contributed by atoms with E-state index in [0.29, 0.717) is 36.4 Å². The van der Waals surface area contributed by atoms with Crippen molar-refractivity contribution in [1.29, 1.82) is 0 Å². The minimum Gasteiger partial charge on any atom is -0.493 e. The highest BCUT2D eigenvalue weighted by molar-refractivity contribution is 7.96. The summed E-state index contributed by atoms with van der Waals surface area (Å²) in [5, 5.41) is 2.72. The van der Waals surface area contributed by atoms with E-state index in [1.165, 1.54) is 12.1 Å². The number of halogens is 3. The number of alkyl halides is 3. The molecule has 0 aliphatic carbocycles. The predicted octanol–water partition coefficient (Wildman–Crippen LogP) is 5.55. The van der Waals surface area contributed by atoms with Gasteiger partial charge in [0, 0.05) is 37.0 Å². The molecule has 3 atom stereocenters. The Hall–Kier alpha value is -2.92. The summed E-state index contributed by atoms with van der Waals surface area (Å²) in [7, 11) is 3.44. The van der Waals surface area contributed by atoms with Crippen LogP contribution in [0.15, 0.2) is 42.5 Å². The van der Waals surface area contributed by atoms with Gasteiger partial charge in [-0.1, -0.05) is 18.0 Å². The number of carbonyl (C=O) groups is 2. The van der Waals surface area contributed by atoms with Crippen LogP contribution in [0.1, 0.15) is 36.8 Å². The Morgan fingerprint density at radius 1 is 1.11 bits per heavy atom. The molecular formula is C26H32F3N3O4S. The zero-order valence-corrected chi connectivity index (χ0v) is 21.8. The fourth-order valence-electron chi connectivity index (χ4n) is 4.70. The molecule has 0 radical (unpaired) electrons. The number of methoxy groups -OCH3 is 1. The maximum absolute atomic E-state index is 12.9. The second kappa shape index (κ2) is 13.0. The summed E-state index contributed by atoms with van der Waals surface area (Å²) in [4.78, 5) is 25.4. The summed E-state index contributed by atoms with van der Waals surface area (Å²) >= 11 is 1.61. The van der Waals surface area contributed by atoms with Gasteiger partial charge in [0.2, 0.25) is 0 Å². The third-order valence-corrected chi connectivity index (χ3v) is 6.84. The molecule has 0 aromatic heterocycles. The van der Waals surface area contributed by atoms with Gasteiger partial charge in [-0.15, -0.1) is 0 Å². The predicted molar refractivity (Wildman–Crippen MR) is 138 cm³/mol. The Morgan fingerprint density at radius 2 is 1.73 bits per heavy atom. The molecule has 2 aliphatic heterocycles. The Labute approximate surface area is 219 Å². The minimum absolute atomic E-state index is 0.0106. The molecule has 11 heteroatoms. The van der Waals surface area contributed by atoms with Crippen LogP contribution in [0.5, 0.6) is 11.5 Å². The van der Waals surface area contributed by atoms with Crippen LogP contribution in [0.2, 0.25) is 0 Å². The van der Waals surface area contributed by atoms with Gasteiger partial charge in [0.05, 0.1) is 12.7 Å². The first-order chi connectivity index (χ1) is 17.7. The summed E-state index contributed by atoms with van der Waals surface area (Å²) in [6.45, 7) is 0. The van der Waals surface area contributed by atoms with Gasteiger partial charge in [0.25, 0.3) is 0 Å². The molecule has 0 saturated carbocycles. The molecule has 37 heavy (non-hydrogen) atoms. The zero-order valence-electron chi connectivity index (χ0n) is 21.0. The number of nitrogens with zero attached hydrogens (tertiary/aromatic N) is 1. The standard InChI is InChI=1S/C24H25F3N2O4.C2H7NS/c1-32-22-12-15(10-11-30)2-9-21(22)33-20-13-18-7-8-19(14-20)29(18)23(31)28-17-5-3-16(4-6-17)24(25,26)27;1-3-4-2/h2-6,9,11-12,18-20H,7-8,10,13-14H2,1H3,(H,28,31);3H,1-2H3/t18-,19?,20?;/m0./s1. The van der Waals surface area contributed by atoms with Gasteiger partial charge in [0.15, 0.2) is 11.5 Å². The number of fused-ring (bicyclic) bond motifs is 2. The molecule has 2 N–H and O–H groups in total. The van der Waals surface area contributed by atoms with E-state index in [2.05, 4.69) is 10.0 Å². The molecule has 202 valence electrons. The van der Waals surface area contributed by atoms with Gasteiger partial charge in [-0.05, 0) is 68.1 Å². The molecule has 0 spiro atoms. The first-order valence-corrected chi connectivity index (χ1v) is 13.2. The lowest BCUT2D eigenvalue weighted by molar-refractivity contribution is -0.137. The van der Waals surface area contributed by atoms with E-state index in [0.717, 1.165) is 36.8 Å². The van der Waals surface area contributed by atoms with Crippen LogP contribution in [0.4, 0.5) is 23.7 Å². The number of nitrogens with one attached hydrogen (secondary N) is 2. The fraction of sp³-hybridized carbons (Fsp3) is 0.462. The summed E-state index contributed by atoms with van der Waals surface area (Å²) < 4.78 is 52.7. The smallest absolute Gasteiger partial charge is 0.416 e.